The number of rotatable bonds is 4. The van der Waals surface area contributed by atoms with Gasteiger partial charge in [-0.1, -0.05) is 39.0 Å². The van der Waals surface area contributed by atoms with E-state index in [9.17, 15) is 0 Å². The molecule has 0 fully saturated rings. The molecule has 3 nitrogen and oxygen atoms in total. The molecule has 0 aliphatic carbocycles. The van der Waals surface area contributed by atoms with Crippen LogP contribution < -0.4 is 5.73 Å². The molecule has 100 valence electrons. The second kappa shape index (κ2) is 5.61. The number of fused-ring (bicyclic) bond motifs is 1. The number of hydrogen-bond donors (Lipinski definition) is 2. The van der Waals surface area contributed by atoms with Crippen LogP contribution in [-0.2, 0) is 0 Å². The minimum Gasteiger partial charge on any atom is -0.384 e. The highest BCUT2D eigenvalue weighted by Crippen LogP contribution is 2.29. The molecule has 3 N–H and O–H groups in total. The van der Waals surface area contributed by atoms with E-state index in [4.69, 9.17) is 11.1 Å². The summed E-state index contributed by atoms with van der Waals surface area (Å²) in [6.45, 7) is 6.59. The van der Waals surface area contributed by atoms with Crippen LogP contribution in [0.2, 0.25) is 0 Å². The summed E-state index contributed by atoms with van der Waals surface area (Å²) in [7, 11) is 0. The molecule has 0 bridgehead atoms. The Balaban J connectivity index is 2.49. The molecule has 1 heterocycles. The van der Waals surface area contributed by atoms with Crippen LogP contribution in [0.4, 0.5) is 0 Å². The molecule has 1 aromatic heterocycles. The van der Waals surface area contributed by atoms with E-state index >= 15 is 0 Å². The summed E-state index contributed by atoms with van der Waals surface area (Å²) in [5.41, 5.74) is 7.35. The maximum Gasteiger partial charge on any atom is 0.123 e. The lowest BCUT2D eigenvalue weighted by molar-refractivity contribution is 0.641. The minimum absolute atomic E-state index is 0.0950. The Bertz CT molecular complexity index is 607. The first kappa shape index (κ1) is 13.9. The Morgan fingerprint density at radius 3 is 2.58 bits per heavy atom. The molecule has 0 saturated heterocycles. The van der Waals surface area contributed by atoms with Crippen molar-refractivity contribution < 1.29 is 0 Å². The number of hydrogen-bond acceptors (Lipinski definition) is 3. The van der Waals surface area contributed by atoms with E-state index in [0.29, 0.717) is 11.2 Å². The SMILES string of the molecule is CC(C)C(C)Sc1cc(C(=N)N)c2ccccc2n1. The zero-order valence-electron chi connectivity index (χ0n) is 11.5. The number of thioether (sulfide) groups is 1. The molecule has 0 aliphatic rings. The van der Waals surface area contributed by atoms with Crippen molar-refractivity contribution in [3.8, 4) is 0 Å². The molecule has 0 saturated carbocycles. The van der Waals surface area contributed by atoms with E-state index in [-0.39, 0.29) is 5.84 Å². The first-order chi connectivity index (χ1) is 8.99. The fourth-order valence-corrected chi connectivity index (χ4v) is 2.75. The Kier molecular flexibility index (Phi) is 4.10. The number of benzene rings is 1. The van der Waals surface area contributed by atoms with Crippen LogP contribution >= 0.6 is 11.8 Å². The van der Waals surface area contributed by atoms with E-state index in [1.54, 1.807) is 11.8 Å². The van der Waals surface area contributed by atoms with Gasteiger partial charge in [0.25, 0.3) is 0 Å². The number of nitrogens with two attached hydrogens (primary N) is 1. The van der Waals surface area contributed by atoms with Crippen molar-refractivity contribution in [1.82, 2.24) is 4.98 Å². The van der Waals surface area contributed by atoms with Gasteiger partial charge >= 0.3 is 0 Å². The highest BCUT2D eigenvalue weighted by atomic mass is 32.2. The molecular formula is C15H19N3S. The molecule has 4 heteroatoms. The zero-order chi connectivity index (χ0) is 14.0. The number of nitrogen functional groups attached to an aromatic ring is 1. The van der Waals surface area contributed by atoms with Crippen LogP contribution in [0, 0.1) is 11.3 Å². The standard InChI is InChI=1S/C15H19N3S/c1-9(2)10(3)19-14-8-12(15(16)17)11-6-4-5-7-13(11)18-14/h4-10H,1-3H3,(H3,16,17). The molecule has 1 unspecified atom stereocenters. The quantitative estimate of drug-likeness (QED) is 0.507. The Hall–Kier alpha value is -1.55. The van der Waals surface area contributed by atoms with Gasteiger partial charge in [-0.25, -0.2) is 4.98 Å². The van der Waals surface area contributed by atoms with Gasteiger partial charge in [-0.2, -0.15) is 0 Å². The van der Waals surface area contributed by atoms with Crippen molar-refractivity contribution in [2.24, 2.45) is 11.7 Å². The number of aromatic nitrogens is 1. The average molecular weight is 273 g/mol. The van der Waals surface area contributed by atoms with Gasteiger partial charge < -0.3 is 5.73 Å². The third kappa shape index (κ3) is 3.07. The van der Waals surface area contributed by atoms with Gasteiger partial charge in [-0.3, -0.25) is 5.41 Å². The highest BCUT2D eigenvalue weighted by molar-refractivity contribution is 7.99. The predicted octanol–water partition coefficient (Wildman–Crippen LogP) is 3.66. The second-order valence-electron chi connectivity index (χ2n) is 5.01. The second-order valence-corrected chi connectivity index (χ2v) is 6.40. The summed E-state index contributed by atoms with van der Waals surface area (Å²) in [5.74, 6) is 0.677. The highest BCUT2D eigenvalue weighted by Gasteiger charge is 2.13. The van der Waals surface area contributed by atoms with Crippen LogP contribution in [0.1, 0.15) is 26.3 Å². The van der Waals surface area contributed by atoms with Crippen LogP contribution in [0.5, 0.6) is 0 Å². The summed E-state index contributed by atoms with van der Waals surface area (Å²) in [5, 5.41) is 10.1. The fraction of sp³-hybridized carbons (Fsp3) is 0.333. The van der Waals surface area contributed by atoms with E-state index in [2.05, 4.69) is 25.8 Å². The van der Waals surface area contributed by atoms with E-state index in [1.165, 1.54) is 0 Å². The lowest BCUT2D eigenvalue weighted by atomic mass is 10.1. The number of pyridine rings is 1. The van der Waals surface area contributed by atoms with Gasteiger partial charge in [0.2, 0.25) is 0 Å². The summed E-state index contributed by atoms with van der Waals surface area (Å²) in [6, 6.07) is 9.75. The van der Waals surface area contributed by atoms with Crippen molar-refractivity contribution in [2.45, 2.75) is 31.0 Å². The van der Waals surface area contributed by atoms with Crippen molar-refractivity contribution in [2.75, 3.05) is 0 Å². The third-order valence-electron chi connectivity index (χ3n) is 3.23. The number of nitrogens with one attached hydrogen (secondary N) is 1. The number of amidine groups is 1. The van der Waals surface area contributed by atoms with Gasteiger partial charge in [0.05, 0.1) is 10.5 Å². The smallest absolute Gasteiger partial charge is 0.123 e. The molecular weight excluding hydrogens is 254 g/mol. The normalized spacial score (nSPS) is 12.8. The van der Waals surface area contributed by atoms with Crippen molar-refractivity contribution >= 4 is 28.5 Å². The number of para-hydroxylation sites is 1. The first-order valence-electron chi connectivity index (χ1n) is 6.40. The van der Waals surface area contributed by atoms with Crippen molar-refractivity contribution in [1.29, 1.82) is 5.41 Å². The van der Waals surface area contributed by atoms with Crippen LogP contribution in [0.25, 0.3) is 10.9 Å². The molecule has 2 rings (SSSR count). The van der Waals surface area contributed by atoms with Crippen LogP contribution in [-0.4, -0.2) is 16.1 Å². The Morgan fingerprint density at radius 2 is 1.95 bits per heavy atom. The largest absolute Gasteiger partial charge is 0.384 e. The summed E-state index contributed by atoms with van der Waals surface area (Å²) in [6.07, 6.45) is 0. The van der Waals surface area contributed by atoms with Gasteiger partial charge in [-0.15, -0.1) is 11.8 Å². The first-order valence-corrected chi connectivity index (χ1v) is 7.28. The van der Waals surface area contributed by atoms with Gasteiger partial charge in [0.1, 0.15) is 5.84 Å². The van der Waals surface area contributed by atoms with Crippen molar-refractivity contribution in [3.63, 3.8) is 0 Å². The Morgan fingerprint density at radius 1 is 1.26 bits per heavy atom. The molecule has 1 atom stereocenters. The van der Waals surface area contributed by atoms with E-state index < -0.39 is 0 Å². The van der Waals surface area contributed by atoms with Crippen LogP contribution in [0.3, 0.4) is 0 Å². The molecule has 0 aliphatic heterocycles. The molecule has 1 aromatic carbocycles. The summed E-state index contributed by atoms with van der Waals surface area (Å²) < 4.78 is 0. The van der Waals surface area contributed by atoms with Gasteiger partial charge in [0.15, 0.2) is 0 Å². The lowest BCUT2D eigenvalue weighted by Gasteiger charge is -2.15. The summed E-state index contributed by atoms with van der Waals surface area (Å²) in [4.78, 5) is 4.65. The monoisotopic (exact) mass is 273 g/mol. The van der Waals surface area contributed by atoms with E-state index in [1.807, 2.05) is 30.3 Å². The van der Waals surface area contributed by atoms with Crippen molar-refractivity contribution in [3.05, 3.63) is 35.9 Å². The molecule has 0 radical (unpaired) electrons. The molecule has 2 aromatic rings. The molecule has 0 amide bonds. The zero-order valence-corrected chi connectivity index (χ0v) is 12.3. The Labute approximate surface area is 118 Å². The minimum atomic E-state index is 0.0950. The van der Waals surface area contributed by atoms with Crippen LogP contribution in [0.15, 0.2) is 35.4 Å². The predicted molar refractivity (Wildman–Crippen MR) is 82.9 cm³/mol. The topological polar surface area (TPSA) is 62.8 Å². The number of nitrogens with zero attached hydrogens (tertiary/aromatic N) is 1. The molecule has 0 spiro atoms. The van der Waals surface area contributed by atoms with Gasteiger partial charge in [0, 0.05) is 16.2 Å². The molecule has 19 heavy (non-hydrogen) atoms. The summed E-state index contributed by atoms with van der Waals surface area (Å²) >= 11 is 1.73. The average Bonchev–Trinajstić information content (AvgIpc) is 2.37. The van der Waals surface area contributed by atoms with E-state index in [0.717, 1.165) is 21.5 Å². The maximum absolute atomic E-state index is 7.72. The fourth-order valence-electron chi connectivity index (χ4n) is 1.76. The third-order valence-corrected chi connectivity index (χ3v) is 4.60. The maximum atomic E-state index is 7.72. The van der Waals surface area contributed by atoms with Gasteiger partial charge in [-0.05, 0) is 18.1 Å². The lowest BCUT2D eigenvalue weighted by Crippen LogP contribution is -2.13.